The standard InChI is InChI=1S/C39H57N7O5/c1-26(2)19-29(22-35(47)34(21-28-13-7-4-8-14-28)44-38(50)32(41)20-27-11-5-3-6-12-27)37(49)43-33(15-9-10-18-40)39(51)46-24-30-16-17-31(46)23-45(30)25-36(42)48/h3-8,11-14,26,29-34H,9-10,15-25,40-41H2,1-2H3,(H2,42,48)(H,43,49)(H,44,50). The van der Waals surface area contributed by atoms with Gasteiger partial charge in [-0.25, -0.2) is 0 Å². The minimum atomic E-state index is -0.890. The van der Waals surface area contributed by atoms with Gasteiger partial charge in [0.1, 0.15) is 6.04 Å². The highest BCUT2D eigenvalue weighted by Crippen LogP contribution is 2.30. The molecule has 3 aliphatic rings. The molecule has 51 heavy (non-hydrogen) atoms. The summed E-state index contributed by atoms with van der Waals surface area (Å²) in [4.78, 5) is 71.1. The number of piperazine rings is 1. The van der Waals surface area contributed by atoms with Gasteiger partial charge >= 0.3 is 0 Å². The zero-order valence-corrected chi connectivity index (χ0v) is 30.2. The van der Waals surface area contributed by atoms with Crippen LogP contribution in [0.25, 0.3) is 0 Å². The molecule has 0 spiro atoms. The first-order valence-corrected chi connectivity index (χ1v) is 18.4. The smallest absolute Gasteiger partial charge is 0.245 e. The first kappa shape index (κ1) is 39.7. The molecule has 3 fully saturated rings. The molecule has 0 saturated carbocycles. The summed E-state index contributed by atoms with van der Waals surface area (Å²) >= 11 is 0. The summed E-state index contributed by atoms with van der Waals surface area (Å²) < 4.78 is 0. The van der Waals surface area contributed by atoms with Crippen molar-refractivity contribution >= 4 is 29.4 Å². The third kappa shape index (κ3) is 12.0. The summed E-state index contributed by atoms with van der Waals surface area (Å²) in [7, 11) is 0. The molecule has 0 radical (unpaired) electrons. The van der Waals surface area contributed by atoms with Gasteiger partial charge in [0, 0.05) is 37.5 Å². The number of ketones is 1. The fourth-order valence-corrected chi connectivity index (χ4v) is 7.39. The van der Waals surface area contributed by atoms with Crippen LogP contribution in [0.3, 0.4) is 0 Å². The number of rotatable bonds is 20. The fraction of sp³-hybridized carbons (Fsp3) is 0.564. The first-order valence-electron chi connectivity index (χ1n) is 18.4. The maximum Gasteiger partial charge on any atom is 0.245 e. The predicted octanol–water partition coefficient (Wildman–Crippen LogP) is 1.68. The summed E-state index contributed by atoms with van der Waals surface area (Å²) in [6, 6.07) is 16.3. The lowest BCUT2D eigenvalue weighted by molar-refractivity contribution is -0.147. The number of Topliss-reactive ketones (excluding diaryl/α,β-unsaturated/α-hetero) is 1. The highest BCUT2D eigenvalue weighted by Gasteiger charge is 2.43. The van der Waals surface area contributed by atoms with Crippen LogP contribution in [0.1, 0.15) is 69.9 Å². The Morgan fingerprint density at radius 3 is 1.98 bits per heavy atom. The van der Waals surface area contributed by atoms with E-state index in [9.17, 15) is 24.0 Å². The maximum absolute atomic E-state index is 14.1. The molecule has 2 aromatic rings. The lowest BCUT2D eigenvalue weighted by Gasteiger charge is -2.51. The average Bonchev–Trinajstić information content (AvgIpc) is 3.11. The van der Waals surface area contributed by atoms with Gasteiger partial charge in [-0.05, 0) is 75.0 Å². The van der Waals surface area contributed by atoms with Crippen molar-refractivity contribution in [3.63, 3.8) is 0 Å². The second-order valence-electron chi connectivity index (χ2n) is 14.7. The Balaban J connectivity index is 1.48. The van der Waals surface area contributed by atoms with E-state index in [-0.39, 0.29) is 55.0 Å². The average molecular weight is 704 g/mol. The Kier molecular flexibility index (Phi) is 15.1. The number of carbonyl (C=O) groups is 5. The Hall–Kier alpha value is -4.13. The van der Waals surface area contributed by atoms with E-state index in [1.54, 1.807) is 0 Å². The molecule has 8 N–H and O–H groups in total. The highest BCUT2D eigenvalue weighted by molar-refractivity contribution is 5.95. The number of primary amides is 1. The summed E-state index contributed by atoms with van der Waals surface area (Å²) in [5, 5.41) is 5.94. The van der Waals surface area contributed by atoms with Crippen LogP contribution in [0.15, 0.2) is 60.7 Å². The summed E-state index contributed by atoms with van der Waals surface area (Å²) in [5.74, 6) is -2.22. The van der Waals surface area contributed by atoms with Crippen molar-refractivity contribution in [2.45, 2.75) is 102 Å². The molecule has 6 atom stereocenters. The van der Waals surface area contributed by atoms with Crippen molar-refractivity contribution < 1.29 is 24.0 Å². The molecule has 4 amide bonds. The van der Waals surface area contributed by atoms with E-state index in [1.165, 1.54) is 0 Å². The van der Waals surface area contributed by atoms with E-state index in [4.69, 9.17) is 17.2 Å². The topological polar surface area (TPSA) is 194 Å². The van der Waals surface area contributed by atoms with Crippen LogP contribution in [0.4, 0.5) is 0 Å². The molecule has 3 saturated heterocycles. The molecule has 2 aromatic carbocycles. The molecular weight excluding hydrogens is 646 g/mol. The molecule has 12 nitrogen and oxygen atoms in total. The number of nitrogens with one attached hydrogen (secondary N) is 2. The van der Waals surface area contributed by atoms with Crippen molar-refractivity contribution in [1.29, 1.82) is 0 Å². The number of hydrogen-bond donors (Lipinski definition) is 5. The van der Waals surface area contributed by atoms with E-state index in [0.29, 0.717) is 51.7 Å². The van der Waals surface area contributed by atoms with Gasteiger partial charge in [0.05, 0.1) is 18.6 Å². The molecule has 3 aliphatic heterocycles. The zero-order chi connectivity index (χ0) is 36.9. The number of benzene rings is 2. The number of nitrogens with two attached hydrogens (primary N) is 3. The van der Waals surface area contributed by atoms with Gasteiger partial charge in [-0.2, -0.15) is 0 Å². The molecule has 0 aliphatic carbocycles. The van der Waals surface area contributed by atoms with Crippen molar-refractivity contribution in [2.24, 2.45) is 29.0 Å². The number of carbonyl (C=O) groups excluding carboxylic acids is 5. The number of hydrogen-bond acceptors (Lipinski definition) is 8. The van der Waals surface area contributed by atoms with E-state index in [0.717, 1.165) is 24.0 Å². The number of piperidine rings is 2. The number of fused-ring (bicyclic) bond motifs is 3. The predicted molar refractivity (Wildman–Crippen MR) is 197 cm³/mol. The summed E-state index contributed by atoms with van der Waals surface area (Å²) in [6.07, 6.45) is 4.39. The lowest BCUT2D eigenvalue weighted by Crippen LogP contribution is -2.67. The molecule has 0 aromatic heterocycles. The molecule has 278 valence electrons. The van der Waals surface area contributed by atoms with Gasteiger partial charge in [0.25, 0.3) is 0 Å². The van der Waals surface area contributed by atoms with Crippen molar-refractivity contribution in [3.05, 3.63) is 71.8 Å². The fourth-order valence-electron chi connectivity index (χ4n) is 7.39. The third-order valence-electron chi connectivity index (χ3n) is 10.0. The van der Waals surface area contributed by atoms with Crippen LogP contribution in [-0.2, 0) is 36.8 Å². The van der Waals surface area contributed by atoms with E-state index in [2.05, 4.69) is 10.6 Å². The second kappa shape index (κ2) is 19.5. The highest BCUT2D eigenvalue weighted by atomic mass is 16.2. The first-order chi connectivity index (χ1) is 24.4. The normalized spacial score (nSPS) is 19.6. The quantitative estimate of drug-likeness (QED) is 0.129. The van der Waals surface area contributed by atoms with Crippen LogP contribution < -0.4 is 27.8 Å². The third-order valence-corrected chi connectivity index (χ3v) is 10.0. The minimum Gasteiger partial charge on any atom is -0.369 e. The molecular formula is C39H57N7O5. The van der Waals surface area contributed by atoms with E-state index in [1.807, 2.05) is 84.3 Å². The van der Waals surface area contributed by atoms with Crippen LogP contribution >= 0.6 is 0 Å². The van der Waals surface area contributed by atoms with Gasteiger partial charge in [0.2, 0.25) is 23.6 Å². The molecule has 2 bridgehead atoms. The van der Waals surface area contributed by atoms with Gasteiger partial charge in [-0.15, -0.1) is 0 Å². The van der Waals surface area contributed by atoms with E-state index >= 15 is 0 Å². The Morgan fingerprint density at radius 1 is 0.804 bits per heavy atom. The van der Waals surface area contributed by atoms with Crippen molar-refractivity contribution in [1.82, 2.24) is 20.4 Å². The van der Waals surface area contributed by atoms with Crippen LogP contribution in [0.5, 0.6) is 0 Å². The molecule has 3 heterocycles. The molecule has 12 heteroatoms. The summed E-state index contributed by atoms with van der Waals surface area (Å²) in [5.41, 5.74) is 19.3. The van der Waals surface area contributed by atoms with Crippen molar-refractivity contribution in [2.75, 3.05) is 26.2 Å². The van der Waals surface area contributed by atoms with Crippen molar-refractivity contribution in [3.8, 4) is 0 Å². The molecule has 6 unspecified atom stereocenters. The van der Waals surface area contributed by atoms with Gasteiger partial charge in [0.15, 0.2) is 5.78 Å². The number of nitrogens with zero attached hydrogens (tertiary/aromatic N) is 2. The van der Waals surface area contributed by atoms with Crippen LogP contribution in [0.2, 0.25) is 0 Å². The summed E-state index contributed by atoms with van der Waals surface area (Å²) in [6.45, 7) is 5.65. The maximum atomic E-state index is 14.1. The Bertz CT molecular complexity index is 1460. The van der Waals surface area contributed by atoms with Gasteiger partial charge in [-0.1, -0.05) is 74.5 Å². The van der Waals surface area contributed by atoms with Gasteiger partial charge < -0.3 is 32.7 Å². The number of unbranched alkanes of at least 4 members (excludes halogenated alkanes) is 1. The Morgan fingerprint density at radius 2 is 1.41 bits per heavy atom. The molecule has 5 rings (SSSR count). The zero-order valence-electron chi connectivity index (χ0n) is 30.2. The second-order valence-corrected chi connectivity index (χ2v) is 14.7. The number of amides is 4. The van der Waals surface area contributed by atoms with Crippen LogP contribution in [-0.4, -0.2) is 95.6 Å². The largest absolute Gasteiger partial charge is 0.369 e. The minimum absolute atomic E-state index is 0.0377. The SMILES string of the molecule is CC(C)CC(CC(=O)C(Cc1ccccc1)NC(=O)C(N)Cc1ccccc1)C(=O)NC(CCCCN)C(=O)N1CC2CCC1CN2CC(N)=O. The van der Waals surface area contributed by atoms with E-state index < -0.39 is 35.9 Å². The monoisotopic (exact) mass is 703 g/mol. The van der Waals surface area contributed by atoms with Crippen LogP contribution in [0, 0.1) is 11.8 Å². The Labute approximate surface area is 302 Å². The van der Waals surface area contributed by atoms with Gasteiger partial charge in [-0.3, -0.25) is 28.9 Å². The lowest BCUT2D eigenvalue weighted by atomic mass is 9.87.